The molecule has 1 aromatic heterocycles. The van der Waals surface area contributed by atoms with Crippen molar-refractivity contribution in [2.75, 3.05) is 59.7 Å². The molecule has 0 unspecified atom stereocenters. The number of para-hydroxylation sites is 2. The van der Waals surface area contributed by atoms with Gasteiger partial charge in [0.05, 0.1) is 38.9 Å². The van der Waals surface area contributed by atoms with Crippen LogP contribution in [0.4, 0.5) is 0 Å². The fourth-order valence-electron chi connectivity index (χ4n) is 6.10. The molecule has 4 atom stereocenters. The third-order valence-electron chi connectivity index (χ3n) is 8.20. The first-order chi connectivity index (χ1) is 20.5. The number of furan rings is 1. The normalized spacial score (nSPS) is 23.5. The minimum atomic E-state index is -1.13. The molecule has 42 heavy (non-hydrogen) atoms. The Labute approximate surface area is 243 Å². The first kappa shape index (κ1) is 28.2. The number of rotatable bonds is 9. The molecule has 1 aliphatic carbocycles. The molecular weight excluding hydrogens is 542 g/mol. The fraction of sp³-hybridized carbons (Fsp3) is 0.419. The molecule has 3 heterocycles. The van der Waals surface area contributed by atoms with E-state index in [-0.39, 0.29) is 31.4 Å². The Morgan fingerprint density at radius 2 is 1.95 bits per heavy atom. The molecule has 222 valence electrons. The predicted octanol–water partition coefficient (Wildman–Crippen LogP) is 1.54. The van der Waals surface area contributed by atoms with Crippen LogP contribution in [0, 0.1) is 0 Å². The third-order valence-corrected chi connectivity index (χ3v) is 8.20. The number of methoxy groups -OCH3 is 1. The Kier molecular flexibility index (Phi) is 8.16. The van der Waals surface area contributed by atoms with Crippen molar-refractivity contribution in [3.8, 4) is 11.5 Å². The monoisotopic (exact) mass is 577 g/mol. The number of nitrogens with one attached hydrogen (secondary N) is 1. The predicted molar refractivity (Wildman–Crippen MR) is 153 cm³/mol. The van der Waals surface area contributed by atoms with E-state index in [1.165, 1.54) is 7.11 Å². The van der Waals surface area contributed by atoms with E-state index in [1.54, 1.807) is 23.1 Å². The van der Waals surface area contributed by atoms with Crippen molar-refractivity contribution in [3.63, 3.8) is 0 Å². The lowest BCUT2D eigenvalue weighted by atomic mass is 9.77. The van der Waals surface area contributed by atoms with Crippen LogP contribution < -0.4 is 14.8 Å². The van der Waals surface area contributed by atoms with Crippen LogP contribution in [0.3, 0.4) is 0 Å². The summed E-state index contributed by atoms with van der Waals surface area (Å²) in [5, 5.41) is 24.6. The number of hydrogen-bond donors (Lipinski definition) is 3. The average molecular weight is 578 g/mol. The van der Waals surface area contributed by atoms with Gasteiger partial charge in [0.25, 0.3) is 5.91 Å². The number of carbonyl (C=O) groups excluding carboxylic acids is 2. The highest BCUT2D eigenvalue weighted by atomic mass is 16.5. The highest BCUT2D eigenvalue weighted by Crippen LogP contribution is 2.47. The van der Waals surface area contributed by atoms with Gasteiger partial charge in [-0.05, 0) is 24.3 Å². The molecule has 3 aromatic rings. The van der Waals surface area contributed by atoms with Crippen LogP contribution in [0.2, 0.25) is 0 Å². The minimum absolute atomic E-state index is 0.0732. The van der Waals surface area contributed by atoms with Crippen LogP contribution in [-0.4, -0.2) is 110 Å². The van der Waals surface area contributed by atoms with E-state index in [9.17, 15) is 19.8 Å². The maximum Gasteiger partial charge on any atom is 0.290 e. The van der Waals surface area contributed by atoms with Gasteiger partial charge in [-0.2, -0.15) is 0 Å². The van der Waals surface area contributed by atoms with Crippen LogP contribution in [0.1, 0.15) is 22.0 Å². The molecule has 2 aromatic carbocycles. The number of hydrogen-bond acceptors (Lipinski definition) is 9. The summed E-state index contributed by atoms with van der Waals surface area (Å²) in [6, 6.07) is 13.6. The molecule has 3 N–H and O–H groups in total. The standard InChI is InChI=1S/C31H35N3O8/c1-39-24-8-4-5-19-17-25(42-28(19)24)31(38)34(11-10-33-12-15-40-16-13-33)22-18-21(30(37)32-9-14-35)26-20-6-2-3-7-23(20)41-29(26)27(22)36/h2-8,17-18,22,26-27,29,35-36H,9-16H2,1H3,(H,32,37)/t22-,26+,27+,29+/m1/s1. The van der Waals surface area contributed by atoms with E-state index in [4.69, 9.17) is 18.6 Å². The first-order valence-corrected chi connectivity index (χ1v) is 14.2. The zero-order chi connectivity index (χ0) is 29.2. The maximum absolute atomic E-state index is 14.2. The lowest BCUT2D eigenvalue weighted by molar-refractivity contribution is -0.118. The molecule has 1 saturated heterocycles. The number of amides is 2. The Hall–Kier alpha value is -3.90. The summed E-state index contributed by atoms with van der Waals surface area (Å²) in [6.45, 7) is 3.33. The topological polar surface area (TPSA) is 134 Å². The van der Waals surface area contributed by atoms with Gasteiger partial charge in [-0.3, -0.25) is 14.5 Å². The summed E-state index contributed by atoms with van der Waals surface area (Å²) in [6.07, 6.45) is -0.254. The molecule has 11 nitrogen and oxygen atoms in total. The van der Waals surface area contributed by atoms with Gasteiger partial charge < -0.3 is 39.1 Å². The summed E-state index contributed by atoms with van der Waals surface area (Å²) in [7, 11) is 1.54. The second-order valence-electron chi connectivity index (χ2n) is 10.6. The van der Waals surface area contributed by atoms with Crippen molar-refractivity contribution in [2.45, 2.75) is 24.2 Å². The van der Waals surface area contributed by atoms with Crippen molar-refractivity contribution in [1.82, 2.24) is 15.1 Å². The Balaban J connectivity index is 1.39. The van der Waals surface area contributed by atoms with E-state index in [1.807, 2.05) is 36.4 Å². The summed E-state index contributed by atoms with van der Waals surface area (Å²) >= 11 is 0. The van der Waals surface area contributed by atoms with Crippen LogP contribution in [0.15, 0.2) is 64.6 Å². The number of ether oxygens (including phenoxy) is 3. The lowest BCUT2D eigenvalue weighted by Gasteiger charge is -2.41. The largest absolute Gasteiger partial charge is 0.493 e. The smallest absolute Gasteiger partial charge is 0.290 e. The number of aliphatic hydroxyl groups excluding tert-OH is 2. The molecule has 0 radical (unpaired) electrons. The number of carbonyl (C=O) groups is 2. The van der Waals surface area contributed by atoms with E-state index >= 15 is 0 Å². The molecule has 11 heteroatoms. The molecule has 0 bridgehead atoms. The van der Waals surface area contributed by atoms with E-state index in [0.29, 0.717) is 47.8 Å². The number of aliphatic hydroxyl groups is 2. The zero-order valence-corrected chi connectivity index (χ0v) is 23.4. The lowest BCUT2D eigenvalue weighted by Crippen LogP contribution is -2.57. The van der Waals surface area contributed by atoms with Crippen molar-refractivity contribution in [2.24, 2.45) is 0 Å². The van der Waals surface area contributed by atoms with Gasteiger partial charge in [0.15, 0.2) is 17.1 Å². The molecule has 0 spiro atoms. The summed E-state index contributed by atoms with van der Waals surface area (Å²) < 4.78 is 23.2. The van der Waals surface area contributed by atoms with Gasteiger partial charge in [0, 0.05) is 49.2 Å². The minimum Gasteiger partial charge on any atom is -0.493 e. The van der Waals surface area contributed by atoms with E-state index in [2.05, 4.69) is 10.2 Å². The van der Waals surface area contributed by atoms with Gasteiger partial charge in [-0.15, -0.1) is 0 Å². The second-order valence-corrected chi connectivity index (χ2v) is 10.6. The Morgan fingerprint density at radius 3 is 2.74 bits per heavy atom. The molecule has 1 fully saturated rings. The fourth-order valence-corrected chi connectivity index (χ4v) is 6.10. The Morgan fingerprint density at radius 1 is 1.14 bits per heavy atom. The molecule has 6 rings (SSSR count). The van der Waals surface area contributed by atoms with Crippen molar-refractivity contribution < 1.29 is 38.4 Å². The van der Waals surface area contributed by atoms with Crippen LogP contribution in [-0.2, 0) is 9.53 Å². The van der Waals surface area contributed by atoms with Gasteiger partial charge >= 0.3 is 0 Å². The van der Waals surface area contributed by atoms with E-state index in [0.717, 1.165) is 18.7 Å². The van der Waals surface area contributed by atoms with Crippen molar-refractivity contribution >= 4 is 22.8 Å². The van der Waals surface area contributed by atoms with Crippen LogP contribution in [0.5, 0.6) is 11.5 Å². The maximum atomic E-state index is 14.2. The SMILES string of the molecule is COc1cccc2cc(C(=O)N(CCN3CCOCC3)[C@@H]3C=C(C(=O)NCCO)[C@@H]4c5ccccc5O[C@@H]4[C@H]3O)oc12. The number of fused-ring (bicyclic) bond motifs is 4. The summed E-state index contributed by atoms with van der Waals surface area (Å²) in [5.74, 6) is -0.148. The van der Waals surface area contributed by atoms with Gasteiger partial charge in [0.2, 0.25) is 5.91 Å². The van der Waals surface area contributed by atoms with Gasteiger partial charge in [-0.25, -0.2) is 0 Å². The highest BCUT2D eigenvalue weighted by Gasteiger charge is 2.50. The molecule has 3 aliphatic rings. The average Bonchev–Trinajstić information content (AvgIpc) is 3.64. The number of morpholine rings is 1. The van der Waals surface area contributed by atoms with Crippen LogP contribution >= 0.6 is 0 Å². The number of nitrogens with zero attached hydrogens (tertiary/aromatic N) is 2. The summed E-state index contributed by atoms with van der Waals surface area (Å²) in [5.41, 5.74) is 1.63. The highest BCUT2D eigenvalue weighted by molar-refractivity contribution is 5.99. The van der Waals surface area contributed by atoms with Crippen molar-refractivity contribution in [3.05, 3.63) is 71.5 Å². The Bertz CT molecular complexity index is 1480. The zero-order valence-electron chi connectivity index (χ0n) is 23.4. The number of benzene rings is 2. The van der Waals surface area contributed by atoms with Crippen molar-refractivity contribution in [1.29, 1.82) is 0 Å². The van der Waals surface area contributed by atoms with Crippen LogP contribution in [0.25, 0.3) is 11.0 Å². The molecule has 2 aliphatic heterocycles. The molecule has 2 amide bonds. The van der Waals surface area contributed by atoms with Gasteiger partial charge in [0.1, 0.15) is 18.0 Å². The molecular formula is C31H35N3O8. The van der Waals surface area contributed by atoms with Gasteiger partial charge in [-0.1, -0.05) is 30.3 Å². The first-order valence-electron chi connectivity index (χ1n) is 14.2. The second kappa shape index (κ2) is 12.1. The van der Waals surface area contributed by atoms with E-state index < -0.39 is 30.1 Å². The summed E-state index contributed by atoms with van der Waals surface area (Å²) in [4.78, 5) is 31.4. The quantitative estimate of drug-likeness (QED) is 0.346. The third kappa shape index (κ3) is 5.24. The molecule has 0 saturated carbocycles.